The van der Waals surface area contributed by atoms with Crippen molar-refractivity contribution in [3.63, 3.8) is 0 Å². The third kappa shape index (κ3) is 6.53. The standard InChI is InChI=1S/C17H15Cl2N5O4/c18-14-6-3-7-15(19)13(14)9-21-23-17(20)22-16(25)8-11-4-1-2-5-12(11)10-28-24(26)27/h1-7,9H,8,10H2,(H3,20,22,23,25)/b21-9+. The number of amides is 1. The zero-order chi connectivity index (χ0) is 20.5. The van der Waals surface area contributed by atoms with Gasteiger partial charge in [0.2, 0.25) is 11.9 Å². The van der Waals surface area contributed by atoms with Gasteiger partial charge in [-0.1, -0.05) is 53.5 Å². The lowest BCUT2D eigenvalue weighted by Crippen LogP contribution is -2.37. The van der Waals surface area contributed by atoms with Gasteiger partial charge in [-0.3, -0.25) is 10.1 Å². The minimum Gasteiger partial charge on any atom is -0.368 e. The van der Waals surface area contributed by atoms with Crippen molar-refractivity contribution in [3.8, 4) is 0 Å². The first-order chi connectivity index (χ1) is 13.4. The van der Waals surface area contributed by atoms with Crippen molar-refractivity contribution in [2.75, 3.05) is 0 Å². The van der Waals surface area contributed by atoms with Crippen LogP contribution < -0.4 is 11.1 Å². The summed E-state index contributed by atoms with van der Waals surface area (Å²) in [6.45, 7) is -0.261. The molecule has 0 bridgehead atoms. The first-order valence-corrected chi connectivity index (χ1v) is 8.57. The number of hydrogen-bond acceptors (Lipinski definition) is 6. The summed E-state index contributed by atoms with van der Waals surface area (Å²) in [5, 5.41) is 20.0. The van der Waals surface area contributed by atoms with Gasteiger partial charge < -0.3 is 10.6 Å². The molecule has 0 aliphatic rings. The topological polar surface area (TPSA) is 132 Å². The van der Waals surface area contributed by atoms with Crippen LogP contribution in [-0.2, 0) is 22.7 Å². The van der Waals surface area contributed by atoms with E-state index in [0.29, 0.717) is 26.7 Å². The molecule has 2 rings (SSSR count). The van der Waals surface area contributed by atoms with Crippen LogP contribution in [0, 0.1) is 10.1 Å². The Balaban J connectivity index is 1.98. The molecule has 0 spiro atoms. The number of carbonyl (C=O) groups excluding carboxylic acids is 1. The van der Waals surface area contributed by atoms with Crippen LogP contribution in [-0.4, -0.2) is 23.2 Å². The van der Waals surface area contributed by atoms with Crippen LogP contribution in [0.3, 0.4) is 0 Å². The molecule has 0 unspecified atom stereocenters. The molecule has 0 fully saturated rings. The van der Waals surface area contributed by atoms with Gasteiger partial charge in [-0.05, 0) is 23.3 Å². The van der Waals surface area contributed by atoms with E-state index in [9.17, 15) is 14.9 Å². The summed E-state index contributed by atoms with van der Waals surface area (Å²) in [4.78, 5) is 26.8. The maximum absolute atomic E-state index is 12.1. The Morgan fingerprint density at radius 1 is 1.18 bits per heavy atom. The summed E-state index contributed by atoms with van der Waals surface area (Å²) in [6.07, 6.45) is 1.24. The number of nitrogens with zero attached hydrogens (tertiary/aromatic N) is 3. The van der Waals surface area contributed by atoms with Crippen LogP contribution in [0.4, 0.5) is 0 Å². The van der Waals surface area contributed by atoms with Crippen LogP contribution in [0.1, 0.15) is 16.7 Å². The highest BCUT2D eigenvalue weighted by atomic mass is 35.5. The van der Waals surface area contributed by atoms with E-state index in [-0.39, 0.29) is 19.0 Å². The third-order valence-corrected chi connectivity index (χ3v) is 4.07. The van der Waals surface area contributed by atoms with E-state index in [1.54, 1.807) is 42.5 Å². The molecular weight excluding hydrogens is 409 g/mol. The monoisotopic (exact) mass is 423 g/mol. The van der Waals surface area contributed by atoms with Crippen LogP contribution in [0.2, 0.25) is 10.0 Å². The fourth-order valence-electron chi connectivity index (χ4n) is 2.16. The van der Waals surface area contributed by atoms with Gasteiger partial charge in [-0.15, -0.1) is 15.2 Å². The zero-order valence-corrected chi connectivity index (χ0v) is 15.9. The van der Waals surface area contributed by atoms with Gasteiger partial charge in [0.25, 0.3) is 5.09 Å². The van der Waals surface area contributed by atoms with Gasteiger partial charge in [-0.25, -0.2) is 0 Å². The maximum Gasteiger partial charge on any atom is 0.294 e. The molecule has 0 saturated heterocycles. The number of nitrogens with one attached hydrogen (secondary N) is 1. The molecule has 0 atom stereocenters. The first kappa shape index (κ1) is 21.1. The summed E-state index contributed by atoms with van der Waals surface area (Å²) in [5.41, 5.74) is 7.16. The second-order valence-electron chi connectivity index (χ2n) is 5.36. The normalized spacial score (nSPS) is 11.4. The Hall–Kier alpha value is -3.17. The summed E-state index contributed by atoms with van der Waals surface area (Å²) in [5.74, 6) is -0.704. The van der Waals surface area contributed by atoms with Crippen molar-refractivity contribution >= 4 is 41.3 Å². The fraction of sp³-hybridized carbons (Fsp3) is 0.118. The number of benzene rings is 2. The Morgan fingerprint density at radius 3 is 2.46 bits per heavy atom. The highest BCUT2D eigenvalue weighted by molar-refractivity contribution is 6.38. The minimum atomic E-state index is -0.898. The Kier molecular flexibility index (Phi) is 7.73. The molecule has 2 aromatic carbocycles. The van der Waals surface area contributed by atoms with E-state index in [1.807, 2.05) is 0 Å². The van der Waals surface area contributed by atoms with Gasteiger partial charge >= 0.3 is 0 Å². The van der Waals surface area contributed by atoms with E-state index in [1.165, 1.54) is 6.21 Å². The lowest BCUT2D eigenvalue weighted by atomic mass is 10.1. The fourth-order valence-corrected chi connectivity index (χ4v) is 2.66. The molecule has 3 N–H and O–H groups in total. The van der Waals surface area contributed by atoms with Crippen molar-refractivity contribution in [1.29, 1.82) is 0 Å². The summed E-state index contributed by atoms with van der Waals surface area (Å²) >= 11 is 12.0. The molecule has 0 heterocycles. The van der Waals surface area contributed by atoms with E-state index in [4.69, 9.17) is 28.9 Å². The van der Waals surface area contributed by atoms with Crippen molar-refractivity contribution in [3.05, 3.63) is 79.3 Å². The van der Waals surface area contributed by atoms with Gasteiger partial charge in [0.1, 0.15) is 6.61 Å². The lowest BCUT2D eigenvalue weighted by molar-refractivity contribution is -0.763. The average Bonchev–Trinajstić information content (AvgIpc) is 2.63. The van der Waals surface area contributed by atoms with E-state index >= 15 is 0 Å². The second kappa shape index (κ2) is 10.2. The highest BCUT2D eigenvalue weighted by Crippen LogP contribution is 2.22. The van der Waals surface area contributed by atoms with Crippen LogP contribution >= 0.6 is 23.2 Å². The molecule has 0 aromatic heterocycles. The van der Waals surface area contributed by atoms with E-state index in [2.05, 4.69) is 20.4 Å². The number of halogens is 2. The van der Waals surface area contributed by atoms with E-state index < -0.39 is 11.0 Å². The number of nitrogens with two attached hydrogens (primary N) is 1. The third-order valence-electron chi connectivity index (χ3n) is 3.41. The first-order valence-electron chi connectivity index (χ1n) is 7.81. The average molecular weight is 424 g/mol. The molecule has 0 aliphatic heterocycles. The number of rotatable bonds is 7. The molecule has 0 aliphatic carbocycles. The van der Waals surface area contributed by atoms with Crippen LogP contribution in [0.15, 0.2) is 52.7 Å². The smallest absolute Gasteiger partial charge is 0.294 e. The van der Waals surface area contributed by atoms with Crippen molar-refractivity contribution < 1.29 is 14.7 Å². The maximum atomic E-state index is 12.1. The SMILES string of the molecule is N/C(=N\N=C\c1c(Cl)cccc1Cl)NC(=O)Cc1ccccc1CO[N+](=O)[O-]. The molecule has 2 aromatic rings. The summed E-state index contributed by atoms with van der Waals surface area (Å²) < 4.78 is 0. The van der Waals surface area contributed by atoms with Gasteiger partial charge in [-0.2, -0.15) is 5.10 Å². The molecule has 1 amide bonds. The molecule has 11 heteroatoms. The number of hydrogen-bond donors (Lipinski definition) is 2. The summed E-state index contributed by atoms with van der Waals surface area (Å²) in [7, 11) is 0. The highest BCUT2D eigenvalue weighted by Gasteiger charge is 2.10. The van der Waals surface area contributed by atoms with Gasteiger partial charge in [0, 0.05) is 5.56 Å². The number of guanidine groups is 1. The Morgan fingerprint density at radius 2 is 1.82 bits per heavy atom. The van der Waals surface area contributed by atoms with Gasteiger partial charge in [0.15, 0.2) is 0 Å². The van der Waals surface area contributed by atoms with Gasteiger partial charge in [0.05, 0.1) is 22.7 Å². The number of carbonyl (C=O) groups is 1. The molecule has 0 saturated carbocycles. The largest absolute Gasteiger partial charge is 0.368 e. The predicted molar refractivity (Wildman–Crippen MR) is 106 cm³/mol. The van der Waals surface area contributed by atoms with E-state index in [0.717, 1.165) is 0 Å². The Labute approximate surface area is 169 Å². The van der Waals surface area contributed by atoms with Crippen LogP contribution in [0.25, 0.3) is 0 Å². The van der Waals surface area contributed by atoms with Crippen LogP contribution in [0.5, 0.6) is 0 Å². The predicted octanol–water partition coefficient (Wildman–Crippen LogP) is 2.71. The summed E-state index contributed by atoms with van der Waals surface area (Å²) in [6, 6.07) is 11.6. The van der Waals surface area contributed by atoms with Crippen molar-refractivity contribution in [2.24, 2.45) is 15.9 Å². The van der Waals surface area contributed by atoms with Crippen molar-refractivity contribution in [1.82, 2.24) is 5.32 Å². The molecular formula is C17H15Cl2N5O4. The molecule has 28 heavy (non-hydrogen) atoms. The lowest BCUT2D eigenvalue weighted by Gasteiger charge is -2.08. The molecule has 146 valence electrons. The quantitative estimate of drug-likeness (QED) is 0.305. The second-order valence-corrected chi connectivity index (χ2v) is 6.17. The van der Waals surface area contributed by atoms with Crippen molar-refractivity contribution in [2.45, 2.75) is 13.0 Å². The zero-order valence-electron chi connectivity index (χ0n) is 14.3. The molecule has 9 nitrogen and oxygen atoms in total. The molecule has 0 radical (unpaired) electrons. The Bertz CT molecular complexity index is 913. The minimum absolute atomic E-state index is 0.0759.